The van der Waals surface area contributed by atoms with Crippen molar-refractivity contribution in [3.8, 4) is 0 Å². The van der Waals surface area contributed by atoms with Gasteiger partial charge in [0.25, 0.3) is 11.8 Å². The van der Waals surface area contributed by atoms with E-state index in [4.69, 9.17) is 11.6 Å². The van der Waals surface area contributed by atoms with Gasteiger partial charge >= 0.3 is 0 Å². The standard InChI is InChI=1S/C17H25ClN4O2S/c1-20(10-14-4-5-15(18)25-14)17(24)12-22-8-6-21(7-9-22)11-16(23)19-13-2-3-13/h4-5,13H,2-3,6-12H2,1H3,(H,19,23)/p+2. The van der Waals surface area contributed by atoms with Crippen LogP contribution in [-0.4, -0.2) is 69.1 Å². The number of carbonyl (C=O) groups excluding carboxylic acids is 2. The van der Waals surface area contributed by atoms with E-state index >= 15 is 0 Å². The molecule has 3 rings (SSSR count). The fourth-order valence-electron chi connectivity index (χ4n) is 3.15. The van der Waals surface area contributed by atoms with Crippen molar-refractivity contribution in [1.82, 2.24) is 10.2 Å². The van der Waals surface area contributed by atoms with Crippen LogP contribution in [0.3, 0.4) is 0 Å². The second kappa shape index (κ2) is 8.49. The zero-order valence-electron chi connectivity index (χ0n) is 14.6. The van der Waals surface area contributed by atoms with Crippen LogP contribution in [0.1, 0.15) is 17.7 Å². The van der Waals surface area contributed by atoms with E-state index in [2.05, 4.69) is 5.32 Å². The van der Waals surface area contributed by atoms with Crippen LogP contribution in [0.15, 0.2) is 12.1 Å². The molecule has 1 saturated heterocycles. The number of quaternary nitrogens is 2. The fraction of sp³-hybridized carbons (Fsp3) is 0.647. The summed E-state index contributed by atoms with van der Waals surface area (Å²) in [5, 5.41) is 3.05. The van der Waals surface area contributed by atoms with E-state index in [1.807, 2.05) is 19.2 Å². The number of nitrogens with zero attached hydrogens (tertiary/aromatic N) is 1. The first kappa shape index (κ1) is 18.6. The van der Waals surface area contributed by atoms with Gasteiger partial charge in [-0.15, -0.1) is 11.3 Å². The fourth-order valence-corrected chi connectivity index (χ4v) is 4.29. The Morgan fingerprint density at radius 3 is 2.40 bits per heavy atom. The Hall–Kier alpha value is -1.15. The van der Waals surface area contributed by atoms with Crippen LogP contribution in [-0.2, 0) is 16.1 Å². The molecule has 1 aliphatic heterocycles. The quantitative estimate of drug-likeness (QED) is 0.530. The Labute approximate surface area is 157 Å². The minimum Gasteiger partial charge on any atom is -0.348 e. The zero-order valence-corrected chi connectivity index (χ0v) is 16.2. The Morgan fingerprint density at radius 1 is 1.20 bits per heavy atom. The largest absolute Gasteiger partial charge is 0.348 e. The van der Waals surface area contributed by atoms with Gasteiger partial charge in [0.05, 0.1) is 10.9 Å². The van der Waals surface area contributed by atoms with Crippen LogP contribution in [0.2, 0.25) is 4.34 Å². The summed E-state index contributed by atoms with van der Waals surface area (Å²) in [6.45, 7) is 5.49. The summed E-state index contributed by atoms with van der Waals surface area (Å²) in [6, 6.07) is 4.27. The molecule has 2 heterocycles. The van der Waals surface area contributed by atoms with E-state index in [1.54, 1.807) is 4.90 Å². The Morgan fingerprint density at radius 2 is 1.84 bits per heavy atom. The van der Waals surface area contributed by atoms with Crippen LogP contribution < -0.4 is 15.1 Å². The minimum atomic E-state index is 0.162. The second-order valence-corrected chi connectivity index (χ2v) is 8.95. The van der Waals surface area contributed by atoms with Gasteiger partial charge in [-0.3, -0.25) is 9.59 Å². The maximum absolute atomic E-state index is 12.4. The van der Waals surface area contributed by atoms with Crippen molar-refractivity contribution in [3.05, 3.63) is 21.3 Å². The highest BCUT2D eigenvalue weighted by molar-refractivity contribution is 7.16. The SMILES string of the molecule is CN(Cc1ccc(Cl)s1)C(=O)C[NH+]1CC[NH+](CC(=O)NC2CC2)CC1. The van der Waals surface area contributed by atoms with Crippen molar-refractivity contribution in [2.75, 3.05) is 46.3 Å². The number of likely N-dealkylation sites (N-methyl/N-ethyl adjacent to an activating group) is 1. The highest BCUT2D eigenvalue weighted by Crippen LogP contribution is 2.22. The van der Waals surface area contributed by atoms with E-state index in [0.717, 1.165) is 48.2 Å². The molecule has 8 heteroatoms. The molecule has 0 unspecified atom stereocenters. The molecule has 1 aromatic heterocycles. The predicted molar refractivity (Wildman–Crippen MR) is 98.1 cm³/mol. The van der Waals surface area contributed by atoms with Gasteiger partial charge in [-0.1, -0.05) is 11.6 Å². The first-order valence-electron chi connectivity index (χ1n) is 8.94. The number of nitrogens with one attached hydrogen (secondary N) is 3. The zero-order chi connectivity index (χ0) is 17.8. The van der Waals surface area contributed by atoms with Gasteiger partial charge in [0.2, 0.25) is 0 Å². The summed E-state index contributed by atoms with van der Waals surface area (Å²) in [5.74, 6) is 0.334. The molecule has 0 bridgehead atoms. The van der Waals surface area contributed by atoms with Gasteiger partial charge in [-0.25, -0.2) is 0 Å². The van der Waals surface area contributed by atoms with Crippen molar-refractivity contribution < 1.29 is 19.4 Å². The first-order valence-corrected chi connectivity index (χ1v) is 10.1. The summed E-state index contributed by atoms with van der Waals surface area (Å²) in [6.07, 6.45) is 2.26. The van der Waals surface area contributed by atoms with Crippen molar-refractivity contribution in [2.45, 2.75) is 25.4 Å². The lowest BCUT2D eigenvalue weighted by molar-refractivity contribution is -1.00. The summed E-state index contributed by atoms with van der Waals surface area (Å²) < 4.78 is 0.756. The van der Waals surface area contributed by atoms with Gasteiger partial charge in [0, 0.05) is 18.0 Å². The summed E-state index contributed by atoms with van der Waals surface area (Å²) >= 11 is 7.46. The van der Waals surface area contributed by atoms with Crippen LogP contribution in [0.4, 0.5) is 0 Å². The Kier molecular flexibility index (Phi) is 6.33. The van der Waals surface area contributed by atoms with Crippen molar-refractivity contribution in [3.63, 3.8) is 0 Å². The van der Waals surface area contributed by atoms with Crippen LogP contribution in [0.25, 0.3) is 0 Å². The third-order valence-corrected chi connectivity index (χ3v) is 6.08. The number of amides is 2. The number of piperazine rings is 1. The van der Waals surface area contributed by atoms with E-state index in [0.29, 0.717) is 25.7 Å². The van der Waals surface area contributed by atoms with E-state index in [1.165, 1.54) is 21.1 Å². The van der Waals surface area contributed by atoms with Gasteiger partial charge in [0.15, 0.2) is 13.1 Å². The van der Waals surface area contributed by atoms with Crippen LogP contribution in [0, 0.1) is 0 Å². The molecule has 1 aliphatic carbocycles. The monoisotopic (exact) mass is 386 g/mol. The van der Waals surface area contributed by atoms with E-state index in [9.17, 15) is 9.59 Å². The minimum absolute atomic E-state index is 0.162. The highest BCUT2D eigenvalue weighted by atomic mass is 35.5. The maximum Gasteiger partial charge on any atom is 0.277 e. The summed E-state index contributed by atoms with van der Waals surface area (Å²) in [4.78, 5) is 29.8. The van der Waals surface area contributed by atoms with Crippen molar-refractivity contribution >= 4 is 34.8 Å². The molecule has 138 valence electrons. The molecule has 1 saturated carbocycles. The molecule has 3 N–H and O–H groups in total. The van der Waals surface area contributed by atoms with Crippen molar-refractivity contribution in [1.29, 1.82) is 0 Å². The number of carbonyl (C=O) groups is 2. The first-order chi connectivity index (χ1) is 12.0. The predicted octanol–water partition coefficient (Wildman–Crippen LogP) is -1.58. The molecule has 2 aliphatic rings. The Balaban J connectivity index is 1.36. The Bertz CT molecular complexity index is 612. The van der Waals surface area contributed by atoms with Gasteiger partial charge in [-0.05, 0) is 25.0 Å². The average Bonchev–Trinajstić information content (AvgIpc) is 3.29. The lowest BCUT2D eigenvalue weighted by atomic mass is 10.3. The molecule has 2 amide bonds. The van der Waals surface area contributed by atoms with E-state index < -0.39 is 0 Å². The molecule has 2 fully saturated rings. The van der Waals surface area contributed by atoms with Gasteiger partial charge < -0.3 is 20.0 Å². The topological polar surface area (TPSA) is 58.3 Å². The van der Waals surface area contributed by atoms with Gasteiger partial charge in [0.1, 0.15) is 26.2 Å². The third-order valence-electron chi connectivity index (χ3n) is 4.87. The lowest BCUT2D eigenvalue weighted by Gasteiger charge is -2.30. The number of halogens is 1. The maximum atomic E-state index is 12.4. The van der Waals surface area contributed by atoms with Gasteiger partial charge in [-0.2, -0.15) is 0 Å². The lowest BCUT2D eigenvalue weighted by Crippen LogP contribution is -3.28. The van der Waals surface area contributed by atoms with Crippen LogP contribution >= 0.6 is 22.9 Å². The molecular weight excluding hydrogens is 360 g/mol. The molecule has 0 aromatic carbocycles. The molecule has 0 spiro atoms. The van der Waals surface area contributed by atoms with Crippen molar-refractivity contribution in [2.24, 2.45) is 0 Å². The molecular formula is C17H27ClN4O2S+2. The number of rotatable bonds is 7. The second-order valence-electron chi connectivity index (χ2n) is 7.15. The summed E-state index contributed by atoms with van der Waals surface area (Å²) in [5.41, 5.74) is 0. The highest BCUT2D eigenvalue weighted by Gasteiger charge is 2.29. The average molecular weight is 387 g/mol. The normalized spacial score (nSPS) is 23.3. The molecule has 0 atom stereocenters. The van der Waals surface area contributed by atoms with E-state index in [-0.39, 0.29) is 11.8 Å². The number of hydrogen-bond donors (Lipinski definition) is 3. The number of hydrogen-bond acceptors (Lipinski definition) is 3. The summed E-state index contributed by atoms with van der Waals surface area (Å²) in [7, 11) is 1.85. The third kappa shape index (κ3) is 5.95. The molecule has 6 nitrogen and oxygen atoms in total. The molecule has 0 radical (unpaired) electrons. The van der Waals surface area contributed by atoms with Crippen LogP contribution in [0.5, 0.6) is 0 Å². The molecule has 25 heavy (non-hydrogen) atoms. The molecule has 1 aromatic rings. The smallest absolute Gasteiger partial charge is 0.277 e. The number of thiophene rings is 1.